The Balaban J connectivity index is 2.18. The molecule has 0 aliphatic carbocycles. The number of Topliss-reactive ketones (excluding diaryl/α,β-unsaturated/α-hetero) is 1. The average molecular weight is 292 g/mol. The fourth-order valence-electron chi connectivity index (χ4n) is 1.99. The minimum Gasteiger partial charge on any atom is -0.293 e. The number of rotatable bonds is 4. The zero-order valence-electron chi connectivity index (χ0n) is 11.2. The van der Waals surface area contributed by atoms with Gasteiger partial charge in [-0.2, -0.15) is 0 Å². The summed E-state index contributed by atoms with van der Waals surface area (Å²) in [6.07, 6.45) is 0. The maximum atomic E-state index is 12.3. The molecule has 1 aromatic heterocycles. The second kappa shape index (κ2) is 5.80. The molecule has 0 saturated carbocycles. The van der Waals surface area contributed by atoms with Crippen molar-refractivity contribution in [2.45, 2.75) is 25.7 Å². The van der Waals surface area contributed by atoms with Crippen LogP contribution in [-0.2, 0) is 10.8 Å². The summed E-state index contributed by atoms with van der Waals surface area (Å²) >= 11 is 1.60. The molecule has 0 aliphatic rings. The first kappa shape index (κ1) is 14.2. The van der Waals surface area contributed by atoms with Crippen LogP contribution in [0.4, 0.5) is 0 Å². The Bertz CT molecular complexity index is 641. The summed E-state index contributed by atoms with van der Waals surface area (Å²) in [7, 11) is -1.27. The molecule has 1 aromatic carbocycles. The summed E-state index contributed by atoms with van der Waals surface area (Å²) in [5, 5.41) is 0. The maximum absolute atomic E-state index is 12.3. The van der Waals surface area contributed by atoms with E-state index in [9.17, 15) is 9.00 Å². The van der Waals surface area contributed by atoms with Gasteiger partial charge in [0.25, 0.3) is 0 Å². The van der Waals surface area contributed by atoms with E-state index < -0.39 is 10.8 Å². The molecule has 0 bridgehead atoms. The van der Waals surface area contributed by atoms with Gasteiger partial charge in [-0.25, -0.2) is 0 Å². The standard InChI is InChI=1S/C15H16O2S2/c1-10-6-4-5-7-15(10)19(17)9-14(16)13-8-11(2)18-12(13)3/h4-8H,9H2,1-3H3. The van der Waals surface area contributed by atoms with Gasteiger partial charge in [-0.05, 0) is 38.5 Å². The van der Waals surface area contributed by atoms with Gasteiger partial charge in [-0.1, -0.05) is 18.2 Å². The molecule has 1 unspecified atom stereocenters. The molecule has 2 rings (SSSR count). The number of hydrogen-bond donors (Lipinski definition) is 0. The van der Waals surface area contributed by atoms with E-state index in [0.29, 0.717) is 5.56 Å². The lowest BCUT2D eigenvalue weighted by Gasteiger charge is -2.05. The molecule has 1 heterocycles. The minimum atomic E-state index is -1.27. The number of thiophene rings is 1. The topological polar surface area (TPSA) is 34.1 Å². The highest BCUT2D eigenvalue weighted by molar-refractivity contribution is 7.85. The van der Waals surface area contributed by atoms with E-state index in [-0.39, 0.29) is 11.5 Å². The third kappa shape index (κ3) is 3.19. The smallest absolute Gasteiger partial charge is 0.176 e. The summed E-state index contributed by atoms with van der Waals surface area (Å²) in [5.74, 6) is 0.0189. The minimum absolute atomic E-state index is 0.0385. The maximum Gasteiger partial charge on any atom is 0.176 e. The predicted molar refractivity (Wildman–Crippen MR) is 80.6 cm³/mol. The molecule has 2 nitrogen and oxygen atoms in total. The molecule has 2 aromatic rings. The van der Waals surface area contributed by atoms with Crippen molar-refractivity contribution in [3.63, 3.8) is 0 Å². The van der Waals surface area contributed by atoms with Crippen molar-refractivity contribution in [2.75, 3.05) is 5.75 Å². The van der Waals surface area contributed by atoms with Crippen LogP contribution in [0.5, 0.6) is 0 Å². The molecule has 4 heteroatoms. The average Bonchev–Trinajstić information content (AvgIpc) is 2.69. The van der Waals surface area contributed by atoms with E-state index >= 15 is 0 Å². The van der Waals surface area contributed by atoms with Crippen LogP contribution in [0.25, 0.3) is 0 Å². The number of hydrogen-bond acceptors (Lipinski definition) is 3. The van der Waals surface area contributed by atoms with Gasteiger partial charge in [0.2, 0.25) is 0 Å². The molecule has 0 saturated heterocycles. The van der Waals surface area contributed by atoms with E-state index in [1.54, 1.807) is 11.3 Å². The monoisotopic (exact) mass is 292 g/mol. The normalized spacial score (nSPS) is 12.4. The van der Waals surface area contributed by atoms with Crippen molar-refractivity contribution >= 4 is 27.9 Å². The SMILES string of the molecule is Cc1cc(C(=O)CS(=O)c2ccccc2C)c(C)s1. The lowest BCUT2D eigenvalue weighted by molar-refractivity contribution is 0.102. The molecular weight excluding hydrogens is 276 g/mol. The Hall–Kier alpha value is -1.26. The van der Waals surface area contributed by atoms with Crippen molar-refractivity contribution in [3.05, 3.63) is 51.2 Å². The zero-order valence-corrected chi connectivity index (χ0v) is 12.9. The number of ketones is 1. The summed E-state index contributed by atoms with van der Waals surface area (Å²) in [4.78, 5) is 15.1. The second-order valence-corrected chi connectivity index (χ2v) is 7.39. The van der Waals surface area contributed by atoms with E-state index in [2.05, 4.69) is 0 Å². The Morgan fingerprint density at radius 2 is 1.89 bits per heavy atom. The van der Waals surface area contributed by atoms with Gasteiger partial charge in [-0.3, -0.25) is 9.00 Å². The highest BCUT2D eigenvalue weighted by Gasteiger charge is 2.16. The van der Waals surface area contributed by atoms with Crippen molar-refractivity contribution in [3.8, 4) is 0 Å². The van der Waals surface area contributed by atoms with Gasteiger partial charge in [0.15, 0.2) is 5.78 Å². The number of carbonyl (C=O) groups is 1. The van der Waals surface area contributed by atoms with Crippen LogP contribution >= 0.6 is 11.3 Å². The van der Waals surface area contributed by atoms with E-state index in [4.69, 9.17) is 0 Å². The first-order valence-electron chi connectivity index (χ1n) is 6.03. The number of benzene rings is 1. The van der Waals surface area contributed by atoms with Crippen molar-refractivity contribution in [2.24, 2.45) is 0 Å². The molecule has 0 amide bonds. The van der Waals surface area contributed by atoms with Gasteiger partial charge in [0.05, 0.1) is 16.6 Å². The molecule has 1 atom stereocenters. The summed E-state index contributed by atoms with van der Waals surface area (Å²) in [5.41, 5.74) is 1.68. The van der Waals surface area contributed by atoms with Crippen LogP contribution in [0, 0.1) is 20.8 Å². The molecular formula is C15H16O2S2. The number of carbonyl (C=O) groups excluding carboxylic acids is 1. The molecule has 0 spiro atoms. The molecule has 100 valence electrons. The highest BCUT2D eigenvalue weighted by atomic mass is 32.2. The van der Waals surface area contributed by atoms with E-state index in [0.717, 1.165) is 20.2 Å². The summed E-state index contributed by atoms with van der Waals surface area (Å²) < 4.78 is 12.3. The number of aryl methyl sites for hydroxylation is 3. The summed E-state index contributed by atoms with van der Waals surface area (Å²) in [6, 6.07) is 9.38. The van der Waals surface area contributed by atoms with Crippen molar-refractivity contribution < 1.29 is 9.00 Å². The van der Waals surface area contributed by atoms with Crippen LogP contribution in [0.15, 0.2) is 35.2 Å². The van der Waals surface area contributed by atoms with E-state index in [1.165, 1.54) is 0 Å². The largest absolute Gasteiger partial charge is 0.293 e. The predicted octanol–water partition coefficient (Wildman–Crippen LogP) is 3.66. The van der Waals surface area contributed by atoms with Gasteiger partial charge < -0.3 is 0 Å². The van der Waals surface area contributed by atoms with Crippen LogP contribution in [0.1, 0.15) is 25.7 Å². The zero-order chi connectivity index (χ0) is 14.0. The first-order valence-corrected chi connectivity index (χ1v) is 8.17. The van der Waals surface area contributed by atoms with Crippen LogP contribution in [-0.4, -0.2) is 15.7 Å². The van der Waals surface area contributed by atoms with Gasteiger partial charge in [0.1, 0.15) is 0 Å². The van der Waals surface area contributed by atoms with Crippen molar-refractivity contribution in [1.29, 1.82) is 0 Å². The molecule has 0 N–H and O–H groups in total. The Morgan fingerprint density at radius 3 is 2.47 bits per heavy atom. The van der Waals surface area contributed by atoms with E-state index in [1.807, 2.05) is 51.1 Å². The third-order valence-corrected chi connectivity index (χ3v) is 5.38. The van der Waals surface area contributed by atoms with Crippen LogP contribution < -0.4 is 0 Å². The van der Waals surface area contributed by atoms with Crippen molar-refractivity contribution in [1.82, 2.24) is 0 Å². The van der Waals surface area contributed by atoms with Gasteiger partial charge in [0, 0.05) is 20.2 Å². The Labute approximate surface area is 119 Å². The second-order valence-electron chi connectivity index (χ2n) is 4.51. The lowest BCUT2D eigenvalue weighted by atomic mass is 10.2. The Kier molecular flexibility index (Phi) is 4.32. The quantitative estimate of drug-likeness (QED) is 0.806. The molecule has 0 aliphatic heterocycles. The molecule has 0 fully saturated rings. The molecule has 19 heavy (non-hydrogen) atoms. The van der Waals surface area contributed by atoms with Crippen LogP contribution in [0.2, 0.25) is 0 Å². The van der Waals surface area contributed by atoms with Crippen LogP contribution in [0.3, 0.4) is 0 Å². The third-order valence-electron chi connectivity index (χ3n) is 2.94. The molecule has 0 radical (unpaired) electrons. The van der Waals surface area contributed by atoms with Gasteiger partial charge in [-0.15, -0.1) is 11.3 Å². The first-order chi connectivity index (χ1) is 8.99. The summed E-state index contributed by atoms with van der Waals surface area (Å²) in [6.45, 7) is 5.83. The fraction of sp³-hybridized carbons (Fsp3) is 0.267. The fourth-order valence-corrected chi connectivity index (χ4v) is 4.14. The lowest BCUT2D eigenvalue weighted by Crippen LogP contribution is -2.12. The highest BCUT2D eigenvalue weighted by Crippen LogP contribution is 2.22. The van der Waals surface area contributed by atoms with Gasteiger partial charge >= 0.3 is 0 Å². The Morgan fingerprint density at radius 1 is 1.21 bits per heavy atom.